The van der Waals surface area contributed by atoms with E-state index in [9.17, 15) is 0 Å². The summed E-state index contributed by atoms with van der Waals surface area (Å²) in [6, 6.07) is 7.75. The number of ether oxygens (including phenoxy) is 2. The van der Waals surface area contributed by atoms with Crippen LogP contribution in [0, 0.1) is 0 Å². The molecule has 1 aromatic heterocycles. The van der Waals surface area contributed by atoms with Gasteiger partial charge in [-0.3, -0.25) is 4.98 Å². The third-order valence-electron chi connectivity index (χ3n) is 3.02. The zero-order valence-corrected chi connectivity index (χ0v) is 11.8. The Morgan fingerprint density at radius 2 is 2.10 bits per heavy atom. The van der Waals surface area contributed by atoms with Crippen LogP contribution in [-0.2, 0) is 9.47 Å². The number of benzene rings is 1. The van der Waals surface area contributed by atoms with Gasteiger partial charge in [0.1, 0.15) is 0 Å². The van der Waals surface area contributed by atoms with Crippen molar-refractivity contribution in [1.29, 1.82) is 0 Å². The summed E-state index contributed by atoms with van der Waals surface area (Å²) in [5.41, 5.74) is 8.62. The van der Waals surface area contributed by atoms with Crippen LogP contribution in [0.5, 0.6) is 0 Å². The van der Waals surface area contributed by atoms with Crippen LogP contribution in [0.15, 0.2) is 30.5 Å². The van der Waals surface area contributed by atoms with Crippen molar-refractivity contribution >= 4 is 22.3 Å². The minimum absolute atomic E-state index is 0.639. The summed E-state index contributed by atoms with van der Waals surface area (Å²) in [5, 5.41) is 4.36. The van der Waals surface area contributed by atoms with E-state index in [1.165, 1.54) is 0 Å². The van der Waals surface area contributed by atoms with Crippen molar-refractivity contribution in [1.82, 2.24) is 4.98 Å². The molecule has 20 heavy (non-hydrogen) atoms. The van der Waals surface area contributed by atoms with Crippen molar-refractivity contribution in [2.45, 2.75) is 6.42 Å². The SMILES string of the molecule is COCCOCCCNc1ccc(N)c2cccnc12. The molecule has 0 bridgehead atoms. The molecule has 2 aromatic rings. The van der Waals surface area contributed by atoms with E-state index in [0.717, 1.165) is 41.9 Å². The van der Waals surface area contributed by atoms with E-state index in [1.807, 2.05) is 24.3 Å². The van der Waals surface area contributed by atoms with E-state index >= 15 is 0 Å². The molecule has 0 saturated carbocycles. The number of hydrogen-bond acceptors (Lipinski definition) is 5. The smallest absolute Gasteiger partial charge is 0.0953 e. The van der Waals surface area contributed by atoms with Crippen LogP contribution in [-0.4, -0.2) is 38.5 Å². The molecule has 3 N–H and O–H groups in total. The standard InChI is InChI=1S/C15H21N3O2/c1-19-10-11-20-9-3-8-17-14-6-5-13(16)12-4-2-7-18-15(12)14/h2,4-7,17H,3,8-11,16H2,1H3. The number of aromatic nitrogens is 1. The Bertz CT molecular complexity index is 546. The van der Waals surface area contributed by atoms with Crippen molar-refractivity contribution in [2.24, 2.45) is 0 Å². The van der Waals surface area contributed by atoms with Gasteiger partial charge in [-0.05, 0) is 30.7 Å². The van der Waals surface area contributed by atoms with Crippen LogP contribution < -0.4 is 11.1 Å². The van der Waals surface area contributed by atoms with Crippen molar-refractivity contribution in [2.75, 3.05) is 44.5 Å². The summed E-state index contributed by atoms with van der Waals surface area (Å²) in [5.74, 6) is 0. The second-order valence-electron chi connectivity index (χ2n) is 4.49. The predicted octanol–water partition coefficient (Wildman–Crippen LogP) is 2.28. The topological polar surface area (TPSA) is 69.4 Å². The van der Waals surface area contributed by atoms with Gasteiger partial charge in [0.25, 0.3) is 0 Å². The number of hydrogen-bond donors (Lipinski definition) is 2. The zero-order valence-electron chi connectivity index (χ0n) is 11.8. The Labute approximate surface area is 119 Å². The molecular weight excluding hydrogens is 254 g/mol. The first-order chi connectivity index (χ1) is 9.83. The lowest BCUT2D eigenvalue weighted by Gasteiger charge is -2.10. The summed E-state index contributed by atoms with van der Waals surface area (Å²) < 4.78 is 10.3. The monoisotopic (exact) mass is 275 g/mol. The van der Waals surface area contributed by atoms with Crippen LogP contribution in [0.4, 0.5) is 11.4 Å². The first-order valence-corrected chi connectivity index (χ1v) is 6.76. The van der Waals surface area contributed by atoms with E-state index in [-0.39, 0.29) is 0 Å². The molecule has 0 saturated heterocycles. The minimum atomic E-state index is 0.639. The predicted molar refractivity (Wildman–Crippen MR) is 82.0 cm³/mol. The molecule has 0 aliphatic rings. The van der Waals surface area contributed by atoms with Gasteiger partial charge in [-0.2, -0.15) is 0 Å². The lowest BCUT2D eigenvalue weighted by molar-refractivity contribution is 0.0705. The summed E-state index contributed by atoms with van der Waals surface area (Å²) in [4.78, 5) is 4.39. The summed E-state index contributed by atoms with van der Waals surface area (Å²) >= 11 is 0. The van der Waals surface area contributed by atoms with Crippen LogP contribution in [0.1, 0.15) is 6.42 Å². The Hall–Kier alpha value is -1.85. The second kappa shape index (κ2) is 7.67. The molecule has 1 aromatic carbocycles. The number of nitrogens with one attached hydrogen (secondary N) is 1. The number of nitrogens with two attached hydrogens (primary N) is 1. The van der Waals surface area contributed by atoms with Crippen LogP contribution in [0.25, 0.3) is 10.9 Å². The third-order valence-corrected chi connectivity index (χ3v) is 3.02. The van der Waals surface area contributed by atoms with E-state index in [4.69, 9.17) is 15.2 Å². The molecule has 0 fully saturated rings. The van der Waals surface area contributed by atoms with Crippen molar-refractivity contribution in [3.63, 3.8) is 0 Å². The number of pyridine rings is 1. The van der Waals surface area contributed by atoms with Gasteiger partial charge in [0.15, 0.2) is 0 Å². The average molecular weight is 275 g/mol. The molecule has 0 radical (unpaired) electrons. The van der Waals surface area contributed by atoms with Gasteiger partial charge in [0, 0.05) is 37.5 Å². The molecule has 0 aliphatic heterocycles. The Morgan fingerprint density at radius 1 is 1.20 bits per heavy atom. The molecule has 5 nitrogen and oxygen atoms in total. The molecule has 0 aliphatic carbocycles. The Balaban J connectivity index is 1.86. The van der Waals surface area contributed by atoms with Gasteiger partial charge < -0.3 is 20.5 Å². The molecule has 0 atom stereocenters. The van der Waals surface area contributed by atoms with Crippen molar-refractivity contribution in [3.8, 4) is 0 Å². The number of rotatable bonds is 8. The maximum absolute atomic E-state index is 5.95. The number of methoxy groups -OCH3 is 1. The molecule has 0 amide bonds. The zero-order chi connectivity index (χ0) is 14.2. The number of anilines is 2. The van der Waals surface area contributed by atoms with Gasteiger partial charge in [-0.15, -0.1) is 0 Å². The second-order valence-corrected chi connectivity index (χ2v) is 4.49. The highest BCUT2D eigenvalue weighted by Gasteiger charge is 2.04. The Morgan fingerprint density at radius 3 is 2.95 bits per heavy atom. The number of nitrogen functional groups attached to an aromatic ring is 1. The first-order valence-electron chi connectivity index (χ1n) is 6.76. The number of nitrogens with zero attached hydrogens (tertiary/aromatic N) is 1. The van der Waals surface area contributed by atoms with E-state index in [2.05, 4.69) is 10.3 Å². The normalized spacial score (nSPS) is 10.8. The average Bonchev–Trinajstić information content (AvgIpc) is 2.49. The largest absolute Gasteiger partial charge is 0.398 e. The highest BCUT2D eigenvalue weighted by molar-refractivity contribution is 5.98. The Kier molecular flexibility index (Phi) is 5.58. The summed E-state index contributed by atoms with van der Waals surface area (Å²) in [6.45, 7) is 2.84. The highest BCUT2D eigenvalue weighted by atomic mass is 16.5. The van der Waals surface area contributed by atoms with Crippen LogP contribution in [0.3, 0.4) is 0 Å². The third kappa shape index (κ3) is 3.82. The maximum atomic E-state index is 5.95. The van der Waals surface area contributed by atoms with Gasteiger partial charge in [0.2, 0.25) is 0 Å². The van der Waals surface area contributed by atoms with E-state index in [1.54, 1.807) is 13.3 Å². The molecule has 1 heterocycles. The fourth-order valence-electron chi connectivity index (χ4n) is 1.98. The molecule has 2 rings (SSSR count). The number of fused-ring (bicyclic) bond motifs is 1. The molecule has 0 unspecified atom stereocenters. The molecule has 108 valence electrons. The minimum Gasteiger partial charge on any atom is -0.398 e. The first kappa shape index (κ1) is 14.6. The molecule has 5 heteroatoms. The quantitative estimate of drug-likeness (QED) is 0.571. The van der Waals surface area contributed by atoms with Crippen molar-refractivity contribution in [3.05, 3.63) is 30.5 Å². The van der Waals surface area contributed by atoms with Gasteiger partial charge in [-0.1, -0.05) is 0 Å². The lowest BCUT2D eigenvalue weighted by Crippen LogP contribution is -2.09. The van der Waals surface area contributed by atoms with Crippen molar-refractivity contribution < 1.29 is 9.47 Å². The van der Waals surface area contributed by atoms with Gasteiger partial charge in [0.05, 0.1) is 24.4 Å². The van der Waals surface area contributed by atoms with Gasteiger partial charge in [-0.25, -0.2) is 0 Å². The van der Waals surface area contributed by atoms with Crippen LogP contribution >= 0.6 is 0 Å². The van der Waals surface area contributed by atoms with E-state index in [0.29, 0.717) is 13.2 Å². The molecule has 0 spiro atoms. The lowest BCUT2D eigenvalue weighted by atomic mass is 10.1. The fraction of sp³-hybridized carbons (Fsp3) is 0.400. The fourth-order valence-corrected chi connectivity index (χ4v) is 1.98. The van der Waals surface area contributed by atoms with Gasteiger partial charge >= 0.3 is 0 Å². The summed E-state index contributed by atoms with van der Waals surface area (Å²) in [7, 11) is 1.67. The maximum Gasteiger partial charge on any atom is 0.0953 e. The van der Waals surface area contributed by atoms with Crippen LogP contribution in [0.2, 0.25) is 0 Å². The summed E-state index contributed by atoms with van der Waals surface area (Å²) in [6.07, 6.45) is 2.71. The van der Waals surface area contributed by atoms with E-state index < -0.39 is 0 Å². The molecular formula is C15H21N3O2. The highest BCUT2D eigenvalue weighted by Crippen LogP contribution is 2.25.